The van der Waals surface area contributed by atoms with Gasteiger partial charge < -0.3 is 78.3 Å². The molecule has 0 bridgehead atoms. The van der Waals surface area contributed by atoms with E-state index in [0.717, 1.165) is 48.9 Å². The van der Waals surface area contributed by atoms with Crippen molar-refractivity contribution < 1.29 is 144 Å². The van der Waals surface area contributed by atoms with Gasteiger partial charge in [-0.25, -0.2) is 58.6 Å². The third kappa shape index (κ3) is 36.2. The predicted octanol–water partition coefficient (Wildman–Crippen LogP) is 18.0. The molecule has 0 saturated carbocycles. The molecule has 0 aliphatic heterocycles. The molecule has 0 fully saturated rings. The molecule has 12 rings (SSSR count). The second kappa shape index (κ2) is 51.0. The number of aliphatic hydroxyl groups excluding tert-OH is 1. The number of halogens is 13. The molecule has 1 radical (unpaired) electrons. The number of carbonyl (C=O) groups excluding carboxylic acids is 9. The fraction of sp³-hybridized carbons (Fsp3) is 0.250. The van der Waals surface area contributed by atoms with Crippen LogP contribution in [0.1, 0.15) is 159 Å². The average Bonchev–Trinajstić information content (AvgIpc) is 1.65. The Bertz CT molecular complexity index is 6240. The Morgan fingerprint density at radius 1 is 0.522 bits per heavy atom. The maximum atomic E-state index is 13.3. The summed E-state index contributed by atoms with van der Waals surface area (Å²) in [5.74, 6) is -7.59. The molecule has 0 saturated heterocycles. The monoisotopic (exact) mass is 2240 g/mol. The van der Waals surface area contributed by atoms with Crippen molar-refractivity contribution in [2.45, 2.75) is 123 Å². The third-order valence-corrected chi connectivity index (χ3v) is 17.1. The zero-order valence-corrected chi connectivity index (χ0v) is 82.3. The first-order chi connectivity index (χ1) is 63.6. The SMILES string of the molecule is BrP(Br)Br.C#N.CC(=O)OC(C)C.CC(C)(C)OC(=O)N(CC(F)(F)F)c1cc(-c2nc(C(=O)Nc3cn(-c4ccc(C(=O)O)cc4)nc3C(N)=O)co2)ccn1.CC(C)(C)OC(=O)N(CC(F)(F)F)c1cc(-c2nc(C(=O)Nc3cn(-c4ccc(CO)cc4)nc3C(N)=O)co2)ccn1.NC(=O)c1nn(-c2ccc(CBr)cc2)cc1NC(=O)c1coc(-c2ccnc(CCC(F)(F)F)c2)n1.[CH3-].[V]. The maximum absolute atomic E-state index is 13.3. The maximum Gasteiger partial charge on any atom is 0.416 e. The summed E-state index contributed by atoms with van der Waals surface area (Å²) in [6, 6.07) is 27.2. The summed E-state index contributed by atoms with van der Waals surface area (Å²) in [6.07, 6.45) is -6.96. The van der Waals surface area contributed by atoms with Crippen LogP contribution in [0.15, 0.2) is 178 Å². The number of aromatic carboxylic acids is 1. The van der Waals surface area contributed by atoms with Gasteiger partial charge in [0.15, 0.2) is 34.2 Å². The number of anilines is 5. The number of nitrogens with zero attached hydrogens (tertiary/aromatic N) is 15. The van der Waals surface area contributed by atoms with Gasteiger partial charge in [-0.2, -0.15) is 54.8 Å². The van der Waals surface area contributed by atoms with E-state index in [0.29, 0.717) is 43.3 Å². The molecule has 9 aromatic heterocycles. The summed E-state index contributed by atoms with van der Waals surface area (Å²) in [7, 11) is 0. The summed E-state index contributed by atoms with van der Waals surface area (Å²) in [5, 5.41) is 45.3. The number of aromatic nitrogens is 12. The van der Waals surface area contributed by atoms with Gasteiger partial charge in [0.05, 0.1) is 71.0 Å². The standard InChI is InChI=1S/C27H24F3N7O7.C27H26F3N7O6.C23H18BrF3N6O3.C5H10O2.CHN.CH3.Br3P.V/c1-26(2,3)44-25(42)36(13-27(28,29)30)19-10-15(8-9-32-19)23-34-18(12-43-23)22(39)33-17-11-37(35-20(17)21(31)38)16-6-4-14(5-7-16)24(40)41;1-26(2,3)43-25(41)36(14-27(28,29)30)20-10-16(8-9-32-20)24-34-19(13-42-24)23(40)33-18-11-37(35-21(18)22(31)39)17-6-4-15(12-38)5-7-17;24-10-13-1-3-16(4-2-13)33-11-17(19(32-33)20(28)34)30-21(35)18-12-36-22(31-18)14-6-8-29-15(9-14)5-7-23(25,26)27;1-4(2)7-5(3)6;1-2;;1-4(2)3;/h4-12H,13H2,1-3H3,(H2,31,38)(H,33,39)(H,40,41);4-11,13,38H,12,14H2,1-3H3,(H2,31,39)(H,33,40);1-4,6,8-9,11-12H,5,7,10H2,(H2,28,34)(H,30,35);4H,1-3H3;1H;1H3;;/q;;;;;-1;;. The molecule has 0 spiro atoms. The molecular formula is C84H82Br4F9N21O18PV-. The molecule has 733 valence electrons. The number of carboxylic acid groups (broad SMARTS) is 1. The van der Waals surface area contributed by atoms with E-state index in [9.17, 15) is 92.6 Å². The number of oxazole rings is 3. The fourth-order valence-corrected chi connectivity index (χ4v) is 11.3. The largest absolute Gasteiger partial charge is 0.478 e. The molecule has 0 aliphatic carbocycles. The molecule has 39 nitrogen and oxygen atoms in total. The van der Waals surface area contributed by atoms with Crippen LogP contribution in [0, 0.1) is 19.3 Å². The zero-order chi connectivity index (χ0) is 101. The van der Waals surface area contributed by atoms with Gasteiger partial charge in [-0.3, -0.25) is 48.3 Å². The first-order valence-electron chi connectivity index (χ1n) is 38.6. The minimum Gasteiger partial charge on any atom is -0.478 e. The minimum absolute atomic E-state index is 0. The van der Waals surface area contributed by atoms with Gasteiger partial charge in [0.25, 0.3) is 35.4 Å². The number of carboxylic acids is 1. The van der Waals surface area contributed by atoms with Crippen molar-refractivity contribution in [2.75, 3.05) is 38.8 Å². The normalized spacial score (nSPS) is 11.1. The Labute approximate surface area is 823 Å². The van der Waals surface area contributed by atoms with E-state index in [2.05, 4.69) is 135 Å². The first-order valence-corrected chi connectivity index (χ1v) is 47.1. The van der Waals surface area contributed by atoms with Crippen molar-refractivity contribution in [1.29, 1.82) is 5.26 Å². The molecule has 8 amide bonds. The second-order valence-corrected chi connectivity index (χ2v) is 45.6. The van der Waals surface area contributed by atoms with E-state index in [4.69, 9.17) is 50.3 Å². The number of benzene rings is 3. The van der Waals surface area contributed by atoms with Crippen LogP contribution in [0.25, 0.3) is 51.4 Å². The van der Waals surface area contributed by atoms with Crippen molar-refractivity contribution in [3.05, 3.63) is 229 Å². The van der Waals surface area contributed by atoms with E-state index in [1.54, 1.807) is 36.4 Å². The van der Waals surface area contributed by atoms with Crippen LogP contribution in [0.4, 0.5) is 77.8 Å². The molecule has 11 N–H and O–H groups in total. The smallest absolute Gasteiger partial charge is 0.416 e. The van der Waals surface area contributed by atoms with Gasteiger partial charge in [0.2, 0.25) is 17.7 Å². The summed E-state index contributed by atoms with van der Waals surface area (Å²) in [4.78, 5) is 145. The summed E-state index contributed by atoms with van der Waals surface area (Å²) < 4.78 is 152. The van der Waals surface area contributed by atoms with Crippen molar-refractivity contribution >= 4 is 155 Å². The number of rotatable bonds is 25. The van der Waals surface area contributed by atoms with E-state index in [-0.39, 0.29) is 152 Å². The number of primary amides is 3. The van der Waals surface area contributed by atoms with Gasteiger partial charge in [-0.1, -0.05) is 40.2 Å². The number of hydrogen-bond acceptors (Lipinski definition) is 27. The van der Waals surface area contributed by atoms with Gasteiger partial charge in [0, 0.05) is 84.8 Å². The van der Waals surface area contributed by atoms with E-state index in [1.807, 2.05) is 26.0 Å². The molecule has 0 aliphatic rings. The van der Waals surface area contributed by atoms with Gasteiger partial charge in [-0.15, -0.1) is 0 Å². The number of carbonyl (C=O) groups is 10. The Morgan fingerprint density at radius 3 is 1.12 bits per heavy atom. The number of alkyl halides is 10. The van der Waals surface area contributed by atoms with Gasteiger partial charge in [-0.05, 0) is 204 Å². The van der Waals surface area contributed by atoms with Crippen molar-refractivity contribution in [1.82, 2.24) is 59.2 Å². The van der Waals surface area contributed by atoms with Gasteiger partial charge in [0.1, 0.15) is 58.7 Å². The molecule has 12 aromatic rings. The number of nitrogens with two attached hydrogens (primary N) is 3. The van der Waals surface area contributed by atoms with Crippen LogP contribution in [0.3, 0.4) is 0 Å². The summed E-state index contributed by atoms with van der Waals surface area (Å²) >= 11 is 12.9. The van der Waals surface area contributed by atoms with Gasteiger partial charge >= 0.3 is 42.7 Å². The fourth-order valence-electron chi connectivity index (χ4n) is 10.9. The van der Waals surface area contributed by atoms with Crippen molar-refractivity contribution in [3.63, 3.8) is 0 Å². The third-order valence-electron chi connectivity index (χ3n) is 16.5. The molecule has 3 aromatic carbocycles. The number of nitriles is 1. The summed E-state index contributed by atoms with van der Waals surface area (Å²) in [6.45, 7) is 14.0. The number of esters is 1. The number of ether oxygens (including phenoxy) is 3. The van der Waals surface area contributed by atoms with E-state index >= 15 is 0 Å². The predicted molar refractivity (Wildman–Crippen MR) is 492 cm³/mol. The van der Waals surface area contributed by atoms with Crippen LogP contribution < -0.4 is 43.0 Å². The molecular weight excluding hydrogens is 2160 g/mol. The molecule has 138 heavy (non-hydrogen) atoms. The Morgan fingerprint density at radius 2 is 0.841 bits per heavy atom. The quantitative estimate of drug-likeness (QED) is 0.00658. The Hall–Kier alpha value is -13.6. The van der Waals surface area contributed by atoms with Crippen molar-refractivity contribution in [3.8, 4) is 58.0 Å². The average molecular weight is 2250 g/mol. The minimum atomic E-state index is -4.78. The topological polar surface area (TPSA) is 553 Å². The van der Waals surface area contributed by atoms with E-state index in [1.165, 1.54) is 136 Å². The number of aliphatic hydroxyl groups is 1. The molecule has 0 atom stereocenters. The van der Waals surface area contributed by atoms with Crippen molar-refractivity contribution in [2.24, 2.45) is 17.2 Å². The van der Waals surface area contributed by atoms with Crippen LogP contribution in [-0.4, -0.2) is 178 Å². The Kier molecular flexibility index (Phi) is 42.5. The molecule has 0 unspecified atom stereocenters. The molecule has 54 heteroatoms. The van der Waals surface area contributed by atoms with Crippen LogP contribution in [0.2, 0.25) is 0 Å². The molecule has 9 heterocycles. The number of hydrogen-bond donors (Lipinski definition) is 8. The second-order valence-electron chi connectivity index (χ2n) is 29.7. The van der Waals surface area contributed by atoms with Crippen LogP contribution in [-0.2, 0) is 55.9 Å². The number of amides is 8. The summed E-state index contributed by atoms with van der Waals surface area (Å²) in [5.41, 5.74) is 16.7. The van der Waals surface area contributed by atoms with E-state index < -0.39 is 109 Å². The number of pyridine rings is 3. The Balaban J connectivity index is 0.000000341. The number of aryl methyl sites for hydroxylation is 1. The zero-order valence-electron chi connectivity index (χ0n) is 73.7. The van der Waals surface area contributed by atoms with Crippen LogP contribution in [0.5, 0.6) is 0 Å². The first kappa shape index (κ1) is 115. The number of nitrogens with one attached hydrogen (secondary N) is 3. The van der Waals surface area contributed by atoms with Crippen LogP contribution >= 0.6 is 66.4 Å².